The Labute approximate surface area is 130 Å². The molecule has 120 valence electrons. The molecular weight excluding hydrogens is 283 g/mol. The van der Waals surface area contributed by atoms with Crippen molar-refractivity contribution in [3.63, 3.8) is 0 Å². The highest BCUT2D eigenvalue weighted by molar-refractivity contribution is 5.75. The molecule has 0 amide bonds. The first kappa shape index (κ1) is 15.3. The fraction of sp³-hybridized carbons (Fsp3) is 0.588. The summed E-state index contributed by atoms with van der Waals surface area (Å²) in [6.45, 7) is 4.57. The van der Waals surface area contributed by atoms with Crippen molar-refractivity contribution in [2.45, 2.75) is 32.2 Å². The summed E-state index contributed by atoms with van der Waals surface area (Å²) in [6, 6.07) is 4.72. The summed E-state index contributed by atoms with van der Waals surface area (Å²) in [6.07, 6.45) is 3.21. The second-order valence-corrected chi connectivity index (χ2v) is 6.38. The van der Waals surface area contributed by atoms with Crippen molar-refractivity contribution in [3.05, 3.63) is 29.6 Å². The monoisotopic (exact) mass is 306 g/mol. The number of aliphatic carboxylic acids is 1. The summed E-state index contributed by atoms with van der Waals surface area (Å²) in [5.74, 6) is -0.399. The first-order valence-electron chi connectivity index (χ1n) is 8.08. The van der Waals surface area contributed by atoms with Crippen LogP contribution >= 0.6 is 0 Å². The van der Waals surface area contributed by atoms with E-state index in [0.717, 1.165) is 18.5 Å². The Morgan fingerprint density at radius 2 is 2.14 bits per heavy atom. The van der Waals surface area contributed by atoms with Crippen LogP contribution in [0, 0.1) is 11.7 Å². The quantitative estimate of drug-likeness (QED) is 0.907. The van der Waals surface area contributed by atoms with Crippen LogP contribution in [0.3, 0.4) is 0 Å². The number of piperazine rings is 1. The van der Waals surface area contributed by atoms with Crippen LogP contribution < -0.4 is 4.90 Å². The predicted molar refractivity (Wildman–Crippen MR) is 83.7 cm³/mol. The molecule has 0 spiro atoms. The number of benzene rings is 1. The fourth-order valence-corrected chi connectivity index (χ4v) is 3.15. The van der Waals surface area contributed by atoms with E-state index >= 15 is 0 Å². The van der Waals surface area contributed by atoms with Gasteiger partial charge in [-0.2, -0.15) is 0 Å². The number of carboxylic acids is 1. The van der Waals surface area contributed by atoms with Gasteiger partial charge in [0, 0.05) is 26.2 Å². The van der Waals surface area contributed by atoms with Crippen LogP contribution in [0.5, 0.6) is 0 Å². The molecule has 2 fully saturated rings. The van der Waals surface area contributed by atoms with Gasteiger partial charge >= 0.3 is 5.97 Å². The normalized spacial score (nSPS) is 22.8. The van der Waals surface area contributed by atoms with Crippen LogP contribution in [0.15, 0.2) is 18.2 Å². The van der Waals surface area contributed by atoms with E-state index in [0.29, 0.717) is 31.2 Å². The Balaban J connectivity index is 1.74. The van der Waals surface area contributed by atoms with Crippen LogP contribution in [-0.2, 0) is 11.2 Å². The minimum Gasteiger partial charge on any atom is -0.480 e. The molecule has 0 unspecified atom stereocenters. The van der Waals surface area contributed by atoms with Crippen LogP contribution in [0.2, 0.25) is 0 Å². The summed E-state index contributed by atoms with van der Waals surface area (Å²) >= 11 is 0. The number of carboxylic acid groups (broad SMARTS) is 1. The lowest BCUT2D eigenvalue weighted by Gasteiger charge is -2.40. The zero-order chi connectivity index (χ0) is 15.7. The van der Waals surface area contributed by atoms with E-state index in [-0.39, 0.29) is 5.82 Å². The zero-order valence-corrected chi connectivity index (χ0v) is 13.0. The molecule has 5 heteroatoms. The van der Waals surface area contributed by atoms with E-state index in [1.807, 2.05) is 17.9 Å². The van der Waals surface area contributed by atoms with Gasteiger partial charge in [0.05, 0.1) is 5.69 Å². The van der Waals surface area contributed by atoms with Gasteiger partial charge in [-0.15, -0.1) is 0 Å². The lowest BCUT2D eigenvalue weighted by Crippen LogP contribution is -2.57. The van der Waals surface area contributed by atoms with Crippen molar-refractivity contribution in [2.75, 3.05) is 31.1 Å². The predicted octanol–water partition coefficient (Wildman–Crippen LogP) is 2.37. The van der Waals surface area contributed by atoms with E-state index < -0.39 is 12.0 Å². The van der Waals surface area contributed by atoms with Crippen LogP contribution in [0.1, 0.15) is 25.3 Å². The van der Waals surface area contributed by atoms with Crippen LogP contribution in [0.4, 0.5) is 10.1 Å². The third-order valence-corrected chi connectivity index (χ3v) is 4.73. The summed E-state index contributed by atoms with van der Waals surface area (Å²) in [5.41, 5.74) is 1.48. The number of halogens is 1. The second-order valence-electron chi connectivity index (χ2n) is 6.38. The lowest BCUT2D eigenvalue weighted by atomic mass is 10.1. The Morgan fingerprint density at radius 1 is 1.36 bits per heavy atom. The summed E-state index contributed by atoms with van der Waals surface area (Å²) in [7, 11) is 0. The van der Waals surface area contributed by atoms with Gasteiger partial charge in [-0.3, -0.25) is 9.69 Å². The largest absolute Gasteiger partial charge is 0.480 e. The maximum Gasteiger partial charge on any atom is 0.322 e. The number of rotatable bonds is 5. The van der Waals surface area contributed by atoms with Crippen LogP contribution in [0.25, 0.3) is 0 Å². The van der Waals surface area contributed by atoms with Gasteiger partial charge in [0.1, 0.15) is 11.9 Å². The van der Waals surface area contributed by atoms with Gasteiger partial charge in [0.15, 0.2) is 0 Å². The molecule has 1 aliphatic heterocycles. The average molecular weight is 306 g/mol. The highest BCUT2D eigenvalue weighted by Gasteiger charge is 2.36. The van der Waals surface area contributed by atoms with E-state index in [4.69, 9.17) is 0 Å². The van der Waals surface area contributed by atoms with Gasteiger partial charge < -0.3 is 10.0 Å². The minimum absolute atomic E-state index is 0.251. The van der Waals surface area contributed by atoms with Crippen LogP contribution in [-0.4, -0.2) is 48.2 Å². The van der Waals surface area contributed by atoms with Crippen molar-refractivity contribution in [3.8, 4) is 0 Å². The summed E-state index contributed by atoms with van der Waals surface area (Å²) in [4.78, 5) is 15.5. The van der Waals surface area contributed by atoms with Crippen molar-refractivity contribution in [2.24, 2.45) is 5.92 Å². The van der Waals surface area contributed by atoms with Crippen molar-refractivity contribution in [1.29, 1.82) is 0 Å². The molecule has 1 N–H and O–H groups in total. The van der Waals surface area contributed by atoms with E-state index in [1.165, 1.54) is 12.8 Å². The van der Waals surface area contributed by atoms with Gasteiger partial charge in [-0.25, -0.2) is 4.39 Å². The summed E-state index contributed by atoms with van der Waals surface area (Å²) in [5, 5.41) is 9.50. The molecule has 1 aliphatic carbocycles. The van der Waals surface area contributed by atoms with Gasteiger partial charge in [0.2, 0.25) is 0 Å². The molecule has 1 heterocycles. The molecule has 1 aromatic carbocycles. The average Bonchev–Trinajstić information content (AvgIpc) is 3.31. The van der Waals surface area contributed by atoms with Crippen molar-refractivity contribution in [1.82, 2.24) is 4.90 Å². The molecule has 3 rings (SSSR count). The molecule has 0 radical (unpaired) electrons. The highest BCUT2D eigenvalue weighted by Crippen LogP contribution is 2.32. The van der Waals surface area contributed by atoms with Crippen molar-refractivity contribution < 1.29 is 14.3 Å². The Bertz CT molecular complexity index is 560. The van der Waals surface area contributed by atoms with E-state index in [2.05, 4.69) is 4.90 Å². The van der Waals surface area contributed by atoms with Crippen molar-refractivity contribution >= 4 is 11.7 Å². The first-order valence-corrected chi connectivity index (χ1v) is 8.08. The Hall–Kier alpha value is -1.62. The maximum absolute atomic E-state index is 14.3. The third-order valence-electron chi connectivity index (χ3n) is 4.73. The Kier molecular flexibility index (Phi) is 4.34. The standard InChI is InChI=1S/C17H23FN2O2/c1-2-12-5-6-15(14(18)9-12)20-8-7-19(10-13-3-4-13)16(11-20)17(21)22/h5-6,9,13,16H,2-4,7-8,10-11H2,1H3,(H,21,22)/t16-/m0/s1. The molecule has 22 heavy (non-hydrogen) atoms. The highest BCUT2D eigenvalue weighted by atomic mass is 19.1. The third kappa shape index (κ3) is 3.24. The van der Waals surface area contributed by atoms with Gasteiger partial charge in [-0.05, 0) is 42.9 Å². The molecule has 1 atom stereocenters. The van der Waals surface area contributed by atoms with Gasteiger partial charge in [0.25, 0.3) is 0 Å². The smallest absolute Gasteiger partial charge is 0.322 e. The SMILES string of the molecule is CCc1ccc(N2CCN(CC3CC3)[C@H](C(=O)O)C2)c(F)c1. The number of anilines is 1. The topological polar surface area (TPSA) is 43.8 Å². The maximum atomic E-state index is 14.3. The molecule has 0 aromatic heterocycles. The first-order chi connectivity index (χ1) is 10.6. The number of nitrogens with zero attached hydrogens (tertiary/aromatic N) is 2. The van der Waals surface area contributed by atoms with E-state index in [1.54, 1.807) is 12.1 Å². The lowest BCUT2D eigenvalue weighted by molar-refractivity contribution is -0.143. The number of hydrogen-bond acceptors (Lipinski definition) is 3. The molecule has 1 saturated carbocycles. The molecule has 2 aliphatic rings. The minimum atomic E-state index is -0.809. The number of aryl methyl sites for hydroxylation is 1. The van der Waals surface area contributed by atoms with Gasteiger partial charge in [-0.1, -0.05) is 13.0 Å². The summed E-state index contributed by atoms with van der Waals surface area (Å²) < 4.78 is 14.3. The molecular formula is C17H23FN2O2. The van der Waals surface area contributed by atoms with E-state index in [9.17, 15) is 14.3 Å². The molecule has 1 saturated heterocycles. The molecule has 4 nitrogen and oxygen atoms in total. The zero-order valence-electron chi connectivity index (χ0n) is 13.0. The molecule has 0 bridgehead atoms. The molecule has 1 aromatic rings. The number of hydrogen-bond donors (Lipinski definition) is 1. The second kappa shape index (κ2) is 6.24. The Morgan fingerprint density at radius 3 is 2.73 bits per heavy atom. The fourth-order valence-electron chi connectivity index (χ4n) is 3.15. The number of carbonyl (C=O) groups is 1.